The second-order valence-corrected chi connectivity index (χ2v) is 7.97. The first-order valence-electron chi connectivity index (χ1n) is 9.58. The fourth-order valence-electron chi connectivity index (χ4n) is 3.84. The van der Waals surface area contributed by atoms with Gasteiger partial charge in [0, 0.05) is 30.7 Å². The van der Waals surface area contributed by atoms with Crippen LogP contribution in [0.5, 0.6) is 0 Å². The lowest BCUT2D eigenvalue weighted by molar-refractivity contribution is 0.265. The van der Waals surface area contributed by atoms with Crippen molar-refractivity contribution in [1.82, 2.24) is 19.8 Å². The van der Waals surface area contributed by atoms with Crippen LogP contribution < -0.4 is 11.0 Å². The number of benzene rings is 2. The Balaban J connectivity index is 1.31. The van der Waals surface area contributed by atoms with Crippen LogP contribution in [0.3, 0.4) is 0 Å². The highest BCUT2D eigenvalue weighted by Crippen LogP contribution is 2.24. The van der Waals surface area contributed by atoms with Crippen molar-refractivity contribution in [2.75, 3.05) is 19.6 Å². The highest BCUT2D eigenvalue weighted by Gasteiger charge is 2.24. The minimum Gasteiger partial charge on any atom is -0.362 e. The Morgan fingerprint density at radius 2 is 1.86 bits per heavy atom. The molecule has 28 heavy (non-hydrogen) atoms. The summed E-state index contributed by atoms with van der Waals surface area (Å²) in [6.07, 6.45) is 2.71. The third kappa shape index (κ3) is 4.08. The van der Waals surface area contributed by atoms with E-state index >= 15 is 0 Å². The molecule has 0 atom stereocenters. The summed E-state index contributed by atoms with van der Waals surface area (Å²) < 4.78 is 1.91. The van der Waals surface area contributed by atoms with Crippen LogP contribution in [-0.2, 0) is 6.42 Å². The lowest BCUT2D eigenvalue weighted by atomic mass is 10.0. The Morgan fingerprint density at radius 1 is 1.14 bits per heavy atom. The summed E-state index contributed by atoms with van der Waals surface area (Å²) in [5, 5.41) is 4.90. The number of fused-ring (bicyclic) bond motifs is 1. The predicted molar refractivity (Wildman–Crippen MR) is 118 cm³/mol. The van der Waals surface area contributed by atoms with Gasteiger partial charge in [-0.15, -0.1) is 0 Å². The molecule has 1 aromatic heterocycles. The Bertz CT molecular complexity index is 1020. The van der Waals surface area contributed by atoms with Gasteiger partial charge < -0.3 is 15.2 Å². The van der Waals surface area contributed by atoms with Crippen LogP contribution in [0.1, 0.15) is 24.4 Å². The molecule has 5 nitrogen and oxygen atoms in total. The molecular weight excluding hydrogens is 392 g/mol. The summed E-state index contributed by atoms with van der Waals surface area (Å²) in [6, 6.07) is 16.0. The number of piperidine rings is 1. The van der Waals surface area contributed by atoms with E-state index in [4.69, 9.17) is 23.8 Å². The number of hydrogen-bond acceptors (Lipinski definition) is 2. The van der Waals surface area contributed by atoms with Gasteiger partial charge in [-0.2, -0.15) is 0 Å². The van der Waals surface area contributed by atoms with Crippen LogP contribution in [0.2, 0.25) is 5.02 Å². The summed E-state index contributed by atoms with van der Waals surface area (Å²) in [5.74, 6) is 0. The first-order chi connectivity index (χ1) is 13.6. The van der Waals surface area contributed by atoms with Crippen molar-refractivity contribution < 1.29 is 0 Å². The molecule has 1 aliphatic heterocycles. The fraction of sp³-hybridized carbons (Fsp3) is 0.333. The molecule has 0 spiro atoms. The number of para-hydroxylation sites is 2. The largest absolute Gasteiger partial charge is 0.362 e. The summed E-state index contributed by atoms with van der Waals surface area (Å²) in [5.41, 5.74) is 3.09. The van der Waals surface area contributed by atoms with Gasteiger partial charge in [-0.25, -0.2) is 4.79 Å². The molecule has 2 N–H and O–H groups in total. The molecule has 7 heteroatoms. The monoisotopic (exact) mass is 414 g/mol. The number of nitrogens with zero attached hydrogens (tertiary/aromatic N) is 2. The summed E-state index contributed by atoms with van der Waals surface area (Å²) in [4.78, 5) is 17.6. The standard InChI is InChI=1S/C21H23ClN4OS/c22-16-7-5-15(6-8-16)9-12-23-21(28)25-13-10-17(11-14-25)26-19-4-2-1-3-18(19)24-20(26)27/h1-8,17H,9-14H2,(H,23,28)(H,24,27). The van der Waals surface area contributed by atoms with Gasteiger partial charge in [0.25, 0.3) is 0 Å². The highest BCUT2D eigenvalue weighted by atomic mass is 35.5. The molecule has 0 saturated carbocycles. The Kier molecular flexibility index (Phi) is 5.69. The Hall–Kier alpha value is -2.31. The summed E-state index contributed by atoms with van der Waals surface area (Å²) in [6.45, 7) is 2.50. The Labute approximate surface area is 174 Å². The zero-order valence-corrected chi connectivity index (χ0v) is 17.1. The van der Waals surface area contributed by atoms with Crippen molar-refractivity contribution in [2.45, 2.75) is 25.3 Å². The third-order valence-electron chi connectivity index (χ3n) is 5.34. The first-order valence-corrected chi connectivity index (χ1v) is 10.4. The average Bonchev–Trinajstić information content (AvgIpc) is 3.05. The van der Waals surface area contributed by atoms with E-state index in [-0.39, 0.29) is 11.7 Å². The van der Waals surface area contributed by atoms with Crippen LogP contribution in [0.4, 0.5) is 0 Å². The van der Waals surface area contributed by atoms with Crippen molar-refractivity contribution in [3.8, 4) is 0 Å². The van der Waals surface area contributed by atoms with E-state index in [0.29, 0.717) is 0 Å². The lowest BCUT2D eigenvalue weighted by Crippen LogP contribution is -2.45. The van der Waals surface area contributed by atoms with E-state index in [9.17, 15) is 4.79 Å². The molecule has 0 amide bonds. The van der Waals surface area contributed by atoms with Gasteiger partial charge in [0.15, 0.2) is 5.11 Å². The van der Waals surface area contributed by atoms with Gasteiger partial charge in [-0.05, 0) is 61.3 Å². The van der Waals surface area contributed by atoms with Crippen molar-refractivity contribution in [3.05, 3.63) is 69.6 Å². The van der Waals surface area contributed by atoms with E-state index in [1.807, 2.05) is 53.1 Å². The second kappa shape index (κ2) is 8.37. The van der Waals surface area contributed by atoms with Gasteiger partial charge >= 0.3 is 5.69 Å². The number of likely N-dealkylation sites (tertiary alicyclic amines) is 1. The van der Waals surface area contributed by atoms with Crippen LogP contribution in [0.25, 0.3) is 11.0 Å². The molecular formula is C21H23ClN4OS. The maximum absolute atomic E-state index is 12.4. The van der Waals surface area contributed by atoms with Crippen molar-refractivity contribution in [1.29, 1.82) is 0 Å². The number of hydrogen-bond donors (Lipinski definition) is 2. The fourth-order valence-corrected chi connectivity index (χ4v) is 4.25. The van der Waals surface area contributed by atoms with Crippen LogP contribution in [0.15, 0.2) is 53.3 Å². The molecule has 146 valence electrons. The molecule has 3 aromatic rings. The van der Waals surface area contributed by atoms with Crippen molar-refractivity contribution >= 4 is 40.0 Å². The van der Waals surface area contributed by atoms with Crippen LogP contribution in [0, 0.1) is 0 Å². The number of rotatable bonds is 4. The molecule has 1 fully saturated rings. The molecule has 2 aromatic carbocycles. The minimum absolute atomic E-state index is 0.0247. The smallest absolute Gasteiger partial charge is 0.326 e. The number of thiocarbonyl (C=S) groups is 1. The number of halogens is 1. The molecule has 4 rings (SSSR count). The van der Waals surface area contributed by atoms with Gasteiger partial charge in [-0.3, -0.25) is 4.57 Å². The zero-order chi connectivity index (χ0) is 19.5. The quantitative estimate of drug-likeness (QED) is 0.638. The minimum atomic E-state index is -0.0247. The SMILES string of the molecule is O=c1[nH]c2ccccc2n1C1CCN(C(=S)NCCc2ccc(Cl)cc2)CC1. The van der Waals surface area contributed by atoms with E-state index < -0.39 is 0 Å². The number of H-pyrrole nitrogens is 1. The highest BCUT2D eigenvalue weighted by molar-refractivity contribution is 7.80. The van der Waals surface area contributed by atoms with E-state index in [1.165, 1.54) is 5.56 Å². The maximum Gasteiger partial charge on any atom is 0.326 e. The van der Waals surface area contributed by atoms with Crippen molar-refractivity contribution in [2.24, 2.45) is 0 Å². The molecule has 1 aliphatic rings. The topological polar surface area (TPSA) is 53.1 Å². The molecule has 2 heterocycles. The van der Waals surface area contributed by atoms with Crippen molar-refractivity contribution in [3.63, 3.8) is 0 Å². The normalized spacial score (nSPS) is 15.1. The molecule has 0 unspecified atom stereocenters. The summed E-state index contributed by atoms with van der Waals surface area (Å²) in [7, 11) is 0. The summed E-state index contributed by atoms with van der Waals surface area (Å²) >= 11 is 11.5. The van der Waals surface area contributed by atoms with Gasteiger partial charge in [0.2, 0.25) is 0 Å². The maximum atomic E-state index is 12.4. The van der Waals surface area contributed by atoms with E-state index in [0.717, 1.165) is 60.1 Å². The zero-order valence-electron chi connectivity index (χ0n) is 15.5. The lowest BCUT2D eigenvalue weighted by Gasteiger charge is -2.34. The van der Waals surface area contributed by atoms with Gasteiger partial charge in [-0.1, -0.05) is 35.9 Å². The first kappa shape index (κ1) is 19.0. The number of aromatic amines is 1. The number of imidazole rings is 1. The van der Waals surface area contributed by atoms with Gasteiger partial charge in [0.05, 0.1) is 11.0 Å². The average molecular weight is 415 g/mol. The van der Waals surface area contributed by atoms with E-state index in [1.54, 1.807) is 0 Å². The molecule has 1 saturated heterocycles. The van der Waals surface area contributed by atoms with Gasteiger partial charge in [0.1, 0.15) is 0 Å². The Morgan fingerprint density at radius 3 is 2.61 bits per heavy atom. The molecule has 0 radical (unpaired) electrons. The number of nitrogens with one attached hydrogen (secondary N) is 2. The number of aromatic nitrogens is 2. The molecule has 0 aliphatic carbocycles. The second-order valence-electron chi connectivity index (χ2n) is 7.14. The van der Waals surface area contributed by atoms with Crippen LogP contribution >= 0.6 is 23.8 Å². The van der Waals surface area contributed by atoms with Crippen LogP contribution in [-0.4, -0.2) is 39.2 Å². The van der Waals surface area contributed by atoms with E-state index in [2.05, 4.69) is 15.2 Å². The third-order valence-corrected chi connectivity index (χ3v) is 6.00. The predicted octanol–water partition coefficient (Wildman–Crippen LogP) is 3.74. The molecule has 0 bridgehead atoms.